The Kier molecular flexibility index (Phi) is 5.39. The standard InChI is InChI=1S/C19H24N2O5S/c1-12-17(15-6-4-5-7-16(15)20-12)18(22)13(2)26-19(23)14-8-10-21(11-9-14)27(3,24)25/h4-7,13-14,20H,8-11H2,1-3H3/t13-/m1/s1. The van der Waals surface area contributed by atoms with Gasteiger partial charge in [0.1, 0.15) is 0 Å². The van der Waals surface area contributed by atoms with Gasteiger partial charge in [-0.1, -0.05) is 18.2 Å². The number of ether oxygens (including phenoxy) is 1. The minimum atomic E-state index is -3.24. The van der Waals surface area contributed by atoms with Gasteiger partial charge in [0, 0.05) is 35.2 Å². The largest absolute Gasteiger partial charge is 0.454 e. The lowest BCUT2D eigenvalue weighted by Crippen LogP contribution is -2.40. The molecule has 8 heteroatoms. The average molecular weight is 392 g/mol. The van der Waals surface area contributed by atoms with E-state index in [1.165, 1.54) is 4.31 Å². The van der Waals surface area contributed by atoms with Crippen molar-refractivity contribution in [3.63, 3.8) is 0 Å². The molecule has 1 aliphatic rings. The van der Waals surface area contributed by atoms with Gasteiger partial charge in [0.2, 0.25) is 15.8 Å². The Morgan fingerprint density at radius 1 is 1.22 bits per heavy atom. The van der Waals surface area contributed by atoms with E-state index in [4.69, 9.17) is 4.74 Å². The molecule has 1 saturated heterocycles. The van der Waals surface area contributed by atoms with Gasteiger partial charge in [0.05, 0.1) is 12.2 Å². The Morgan fingerprint density at radius 3 is 2.48 bits per heavy atom. The van der Waals surface area contributed by atoms with Crippen molar-refractivity contribution in [1.82, 2.24) is 9.29 Å². The SMILES string of the molecule is Cc1[nH]c2ccccc2c1C(=O)[C@@H](C)OC(=O)C1CCN(S(C)(=O)=O)CC1. The van der Waals surface area contributed by atoms with Gasteiger partial charge in [-0.05, 0) is 32.8 Å². The lowest BCUT2D eigenvalue weighted by Gasteiger charge is -2.29. The van der Waals surface area contributed by atoms with Gasteiger partial charge >= 0.3 is 5.97 Å². The summed E-state index contributed by atoms with van der Waals surface area (Å²) >= 11 is 0. The highest BCUT2D eigenvalue weighted by molar-refractivity contribution is 7.88. The van der Waals surface area contributed by atoms with E-state index in [-0.39, 0.29) is 11.7 Å². The second-order valence-corrected chi connectivity index (χ2v) is 9.03. The van der Waals surface area contributed by atoms with Crippen LogP contribution in [0, 0.1) is 12.8 Å². The van der Waals surface area contributed by atoms with Gasteiger partial charge in [0.25, 0.3) is 0 Å². The zero-order valence-electron chi connectivity index (χ0n) is 15.7. The van der Waals surface area contributed by atoms with E-state index in [1.54, 1.807) is 6.92 Å². The second kappa shape index (κ2) is 7.44. The zero-order valence-corrected chi connectivity index (χ0v) is 16.5. The quantitative estimate of drug-likeness (QED) is 0.622. The molecule has 0 aliphatic carbocycles. The number of esters is 1. The maximum atomic E-state index is 12.9. The van der Waals surface area contributed by atoms with E-state index in [0.29, 0.717) is 31.5 Å². The number of carbonyl (C=O) groups excluding carboxylic acids is 2. The Balaban J connectivity index is 1.66. The van der Waals surface area contributed by atoms with Crippen LogP contribution in [0.2, 0.25) is 0 Å². The molecule has 146 valence electrons. The molecule has 27 heavy (non-hydrogen) atoms. The molecule has 2 aromatic rings. The van der Waals surface area contributed by atoms with E-state index in [0.717, 1.165) is 22.9 Å². The normalized spacial score (nSPS) is 17.7. The van der Waals surface area contributed by atoms with Gasteiger partial charge < -0.3 is 9.72 Å². The Morgan fingerprint density at radius 2 is 1.85 bits per heavy atom. The molecule has 3 rings (SSSR count). The molecule has 1 fully saturated rings. The molecule has 1 aromatic carbocycles. The van der Waals surface area contributed by atoms with Gasteiger partial charge in [-0.2, -0.15) is 0 Å². The number of fused-ring (bicyclic) bond motifs is 1. The molecule has 2 heterocycles. The van der Waals surface area contributed by atoms with Crippen LogP contribution in [-0.4, -0.2) is 54.9 Å². The summed E-state index contributed by atoms with van der Waals surface area (Å²) in [6.07, 6.45) is 1.07. The molecule has 1 aromatic heterocycles. The fourth-order valence-corrected chi connectivity index (χ4v) is 4.42. The number of nitrogens with one attached hydrogen (secondary N) is 1. The Labute approximate surface area is 158 Å². The molecule has 1 aliphatic heterocycles. The molecule has 0 bridgehead atoms. The number of ketones is 1. The summed E-state index contributed by atoms with van der Waals surface area (Å²) in [5.41, 5.74) is 2.15. The predicted molar refractivity (Wildman–Crippen MR) is 102 cm³/mol. The summed E-state index contributed by atoms with van der Waals surface area (Å²) in [4.78, 5) is 28.5. The first-order valence-corrected chi connectivity index (χ1v) is 10.8. The summed E-state index contributed by atoms with van der Waals surface area (Å²) in [5, 5.41) is 0.810. The van der Waals surface area contributed by atoms with Crippen LogP contribution in [0.4, 0.5) is 0 Å². The number of aryl methyl sites for hydroxylation is 1. The number of piperidine rings is 1. The number of hydrogen-bond donors (Lipinski definition) is 1. The monoisotopic (exact) mass is 392 g/mol. The van der Waals surface area contributed by atoms with Crippen molar-refractivity contribution >= 4 is 32.7 Å². The zero-order chi connectivity index (χ0) is 19.8. The fraction of sp³-hybridized carbons (Fsp3) is 0.474. The molecule has 7 nitrogen and oxygen atoms in total. The van der Waals surface area contributed by atoms with Gasteiger partial charge in [0.15, 0.2) is 6.10 Å². The number of H-pyrrole nitrogens is 1. The predicted octanol–water partition coefficient (Wildman–Crippen LogP) is 2.26. The van der Waals surface area contributed by atoms with Crippen molar-refractivity contribution < 1.29 is 22.7 Å². The molecule has 0 amide bonds. The smallest absolute Gasteiger partial charge is 0.309 e. The number of Topliss-reactive ketones (excluding diaryl/α,β-unsaturated/α-hetero) is 1. The van der Waals surface area contributed by atoms with E-state index in [9.17, 15) is 18.0 Å². The fourth-order valence-electron chi connectivity index (χ4n) is 3.54. The summed E-state index contributed by atoms with van der Waals surface area (Å²) in [6.45, 7) is 3.99. The van der Waals surface area contributed by atoms with Crippen LogP contribution in [0.1, 0.15) is 35.8 Å². The summed E-state index contributed by atoms with van der Waals surface area (Å²) in [7, 11) is -3.24. The maximum Gasteiger partial charge on any atom is 0.309 e. The average Bonchev–Trinajstić information content (AvgIpc) is 2.96. The number of nitrogens with zero attached hydrogens (tertiary/aromatic N) is 1. The third-order valence-electron chi connectivity index (χ3n) is 5.06. The number of carbonyl (C=O) groups is 2. The molecule has 1 atom stereocenters. The summed E-state index contributed by atoms with van der Waals surface area (Å²) in [6, 6.07) is 7.50. The highest BCUT2D eigenvalue weighted by Crippen LogP contribution is 2.25. The Bertz CT molecular complexity index is 971. The summed E-state index contributed by atoms with van der Waals surface area (Å²) in [5.74, 6) is -1.07. The number of benzene rings is 1. The molecule has 1 N–H and O–H groups in total. The lowest BCUT2D eigenvalue weighted by molar-refractivity contribution is -0.152. The van der Waals surface area contributed by atoms with Crippen LogP contribution < -0.4 is 0 Å². The summed E-state index contributed by atoms with van der Waals surface area (Å²) < 4.78 is 29.9. The first kappa shape index (κ1) is 19.6. The van der Waals surface area contributed by atoms with Crippen LogP contribution in [-0.2, 0) is 19.6 Å². The van der Waals surface area contributed by atoms with Crippen molar-refractivity contribution in [3.8, 4) is 0 Å². The number of sulfonamides is 1. The van der Waals surface area contributed by atoms with Crippen molar-refractivity contribution in [1.29, 1.82) is 0 Å². The number of hydrogen-bond acceptors (Lipinski definition) is 5. The third-order valence-corrected chi connectivity index (χ3v) is 6.36. The molecule has 0 radical (unpaired) electrons. The van der Waals surface area contributed by atoms with Crippen molar-refractivity contribution in [2.24, 2.45) is 5.92 Å². The van der Waals surface area contributed by atoms with Gasteiger partial charge in [-0.25, -0.2) is 12.7 Å². The van der Waals surface area contributed by atoms with Crippen molar-refractivity contribution in [3.05, 3.63) is 35.5 Å². The Hall–Kier alpha value is -2.19. The molecular weight excluding hydrogens is 368 g/mol. The molecule has 0 spiro atoms. The van der Waals surface area contributed by atoms with Gasteiger partial charge in [-0.3, -0.25) is 9.59 Å². The maximum absolute atomic E-state index is 12.9. The van der Waals surface area contributed by atoms with E-state index >= 15 is 0 Å². The van der Waals surface area contributed by atoms with Crippen molar-refractivity contribution in [2.75, 3.05) is 19.3 Å². The first-order chi connectivity index (χ1) is 12.7. The minimum Gasteiger partial charge on any atom is -0.454 e. The minimum absolute atomic E-state index is 0.244. The lowest BCUT2D eigenvalue weighted by atomic mass is 9.98. The first-order valence-electron chi connectivity index (χ1n) is 8.95. The van der Waals surface area contributed by atoms with Crippen LogP contribution in [0.3, 0.4) is 0 Å². The third kappa shape index (κ3) is 4.06. The van der Waals surface area contributed by atoms with E-state index in [1.807, 2.05) is 31.2 Å². The molecular formula is C19H24N2O5S. The highest BCUT2D eigenvalue weighted by Gasteiger charge is 2.32. The number of aromatic nitrogens is 1. The number of rotatable bonds is 5. The highest BCUT2D eigenvalue weighted by atomic mass is 32.2. The van der Waals surface area contributed by atoms with Gasteiger partial charge in [-0.15, -0.1) is 0 Å². The van der Waals surface area contributed by atoms with Crippen LogP contribution >= 0.6 is 0 Å². The van der Waals surface area contributed by atoms with E-state index in [2.05, 4.69) is 4.98 Å². The topological polar surface area (TPSA) is 96.5 Å². The number of para-hydroxylation sites is 1. The van der Waals surface area contributed by atoms with E-state index < -0.39 is 22.1 Å². The molecule has 0 unspecified atom stereocenters. The number of aromatic amines is 1. The van der Waals surface area contributed by atoms with Crippen LogP contribution in [0.5, 0.6) is 0 Å². The van der Waals surface area contributed by atoms with Crippen LogP contribution in [0.25, 0.3) is 10.9 Å². The second-order valence-electron chi connectivity index (χ2n) is 7.05. The van der Waals surface area contributed by atoms with Crippen molar-refractivity contribution in [2.45, 2.75) is 32.8 Å². The van der Waals surface area contributed by atoms with Crippen LogP contribution in [0.15, 0.2) is 24.3 Å². The molecule has 0 saturated carbocycles.